The van der Waals surface area contributed by atoms with Gasteiger partial charge in [0.05, 0.1) is 16.8 Å². The van der Waals surface area contributed by atoms with Crippen molar-refractivity contribution in [2.24, 2.45) is 5.92 Å². The average molecular weight is 360 g/mol. The summed E-state index contributed by atoms with van der Waals surface area (Å²) >= 11 is 3.38. The first-order valence-electron chi connectivity index (χ1n) is 6.10. The number of sulfonamides is 1. The normalized spacial score (nSPS) is 30.6. The zero-order valence-corrected chi connectivity index (χ0v) is 13.3. The van der Waals surface area contributed by atoms with Gasteiger partial charge in [-0.05, 0) is 25.2 Å². The fourth-order valence-electron chi connectivity index (χ4n) is 2.53. The lowest BCUT2D eigenvalue weighted by Crippen LogP contribution is -2.41. The molecule has 106 valence electrons. The second-order valence-electron chi connectivity index (χ2n) is 5.06. The Bertz CT molecular complexity index is 488. The average Bonchev–Trinajstić information content (AvgIpc) is 2.77. The van der Waals surface area contributed by atoms with E-state index in [1.165, 1.54) is 0 Å². The first-order valence-corrected chi connectivity index (χ1v) is 10.5. The Labute approximate surface area is 117 Å². The van der Waals surface area contributed by atoms with Crippen LogP contribution in [0.2, 0.25) is 0 Å². The van der Waals surface area contributed by atoms with E-state index in [9.17, 15) is 16.8 Å². The van der Waals surface area contributed by atoms with Gasteiger partial charge in [0.15, 0.2) is 0 Å². The van der Waals surface area contributed by atoms with Gasteiger partial charge in [-0.2, -0.15) is 0 Å². The number of halogens is 1. The van der Waals surface area contributed by atoms with Crippen molar-refractivity contribution >= 4 is 35.8 Å². The molecule has 0 spiro atoms. The maximum absolute atomic E-state index is 12.4. The highest BCUT2D eigenvalue weighted by molar-refractivity contribution is 9.09. The van der Waals surface area contributed by atoms with Crippen LogP contribution in [-0.2, 0) is 19.9 Å². The quantitative estimate of drug-likeness (QED) is 0.692. The number of alkyl halides is 1. The van der Waals surface area contributed by atoms with E-state index in [2.05, 4.69) is 15.9 Å². The van der Waals surface area contributed by atoms with Crippen molar-refractivity contribution in [3.8, 4) is 0 Å². The lowest BCUT2D eigenvalue weighted by molar-refractivity contribution is 0.448. The van der Waals surface area contributed by atoms with Gasteiger partial charge in [-0.3, -0.25) is 0 Å². The summed E-state index contributed by atoms with van der Waals surface area (Å²) in [6.07, 6.45) is 1.38. The molecule has 8 heteroatoms. The molecule has 2 saturated heterocycles. The topological polar surface area (TPSA) is 71.5 Å². The molecule has 0 aliphatic carbocycles. The van der Waals surface area contributed by atoms with Gasteiger partial charge in [0.25, 0.3) is 0 Å². The van der Waals surface area contributed by atoms with Crippen LogP contribution < -0.4 is 0 Å². The molecule has 5 nitrogen and oxygen atoms in total. The third-order valence-corrected chi connectivity index (χ3v) is 8.75. The molecule has 0 amide bonds. The fraction of sp³-hybridized carbons (Fsp3) is 1.00. The van der Waals surface area contributed by atoms with Gasteiger partial charge in [0, 0.05) is 18.4 Å². The van der Waals surface area contributed by atoms with E-state index in [4.69, 9.17) is 0 Å². The minimum absolute atomic E-state index is 0.00656. The first kappa shape index (κ1) is 14.7. The Kier molecular flexibility index (Phi) is 4.40. The smallest absolute Gasteiger partial charge is 0.217 e. The predicted molar refractivity (Wildman–Crippen MR) is 74.1 cm³/mol. The van der Waals surface area contributed by atoms with E-state index < -0.39 is 25.1 Å². The van der Waals surface area contributed by atoms with Gasteiger partial charge in [-0.25, -0.2) is 21.1 Å². The number of rotatable bonds is 3. The molecule has 2 fully saturated rings. The van der Waals surface area contributed by atoms with Crippen molar-refractivity contribution in [2.75, 3.05) is 29.9 Å². The molecule has 2 aliphatic rings. The van der Waals surface area contributed by atoms with Crippen LogP contribution in [0.3, 0.4) is 0 Å². The molecule has 2 rings (SSSR count). The summed E-state index contributed by atoms with van der Waals surface area (Å²) in [7, 11) is -6.31. The van der Waals surface area contributed by atoms with Crippen LogP contribution in [0.4, 0.5) is 0 Å². The predicted octanol–water partition coefficient (Wildman–Crippen LogP) is 0.610. The van der Waals surface area contributed by atoms with Crippen LogP contribution in [0.1, 0.15) is 19.3 Å². The number of hydrogen-bond donors (Lipinski definition) is 0. The molecule has 0 bridgehead atoms. The monoisotopic (exact) mass is 359 g/mol. The lowest BCUT2D eigenvalue weighted by atomic mass is 10.2. The lowest BCUT2D eigenvalue weighted by Gasteiger charge is -2.26. The van der Waals surface area contributed by atoms with E-state index >= 15 is 0 Å². The summed E-state index contributed by atoms with van der Waals surface area (Å²) < 4.78 is 49.0. The standard InChI is InChI=1S/C10H18BrNO4S2/c11-7-9-1-4-12(8-9)18(15,16)10-2-5-17(13,14)6-3-10/h9-10H,1-8H2. The molecule has 0 N–H and O–H groups in total. The summed E-state index contributed by atoms with van der Waals surface area (Å²) in [5, 5.41) is 0.313. The highest BCUT2D eigenvalue weighted by atomic mass is 79.9. The minimum atomic E-state index is -3.31. The third kappa shape index (κ3) is 3.08. The van der Waals surface area contributed by atoms with Crippen molar-refractivity contribution in [1.82, 2.24) is 4.31 Å². The minimum Gasteiger partial charge on any atom is -0.229 e. The van der Waals surface area contributed by atoms with Crippen molar-refractivity contribution in [3.63, 3.8) is 0 Å². The number of nitrogens with zero attached hydrogens (tertiary/aromatic N) is 1. The maximum Gasteiger partial charge on any atom is 0.217 e. The van der Waals surface area contributed by atoms with E-state index in [-0.39, 0.29) is 24.3 Å². The maximum atomic E-state index is 12.4. The third-order valence-electron chi connectivity index (χ3n) is 3.75. The van der Waals surface area contributed by atoms with Crippen molar-refractivity contribution in [1.29, 1.82) is 0 Å². The van der Waals surface area contributed by atoms with Crippen LogP contribution in [0, 0.1) is 5.92 Å². The second-order valence-corrected chi connectivity index (χ2v) is 10.2. The number of hydrogen-bond acceptors (Lipinski definition) is 4. The van der Waals surface area contributed by atoms with Gasteiger partial charge in [0.2, 0.25) is 10.0 Å². The molecule has 18 heavy (non-hydrogen) atoms. The van der Waals surface area contributed by atoms with Gasteiger partial charge in [-0.1, -0.05) is 15.9 Å². The molecule has 0 radical (unpaired) electrons. The molecular weight excluding hydrogens is 342 g/mol. The molecule has 0 aromatic carbocycles. The van der Waals surface area contributed by atoms with Crippen molar-refractivity contribution in [2.45, 2.75) is 24.5 Å². The highest BCUT2D eigenvalue weighted by Gasteiger charge is 2.39. The van der Waals surface area contributed by atoms with E-state index in [0.717, 1.165) is 11.8 Å². The van der Waals surface area contributed by atoms with Crippen LogP contribution in [0.5, 0.6) is 0 Å². The Morgan fingerprint density at radius 3 is 2.28 bits per heavy atom. The van der Waals surface area contributed by atoms with Gasteiger partial charge < -0.3 is 0 Å². The summed E-state index contributed by atoms with van der Waals surface area (Å²) in [5.74, 6) is 0.395. The summed E-state index contributed by atoms with van der Waals surface area (Å²) in [6.45, 7) is 1.14. The van der Waals surface area contributed by atoms with E-state index in [0.29, 0.717) is 19.0 Å². The van der Waals surface area contributed by atoms with Crippen LogP contribution in [0.15, 0.2) is 0 Å². The molecule has 1 unspecified atom stereocenters. The molecule has 2 aliphatic heterocycles. The van der Waals surface area contributed by atoms with Crippen LogP contribution in [-0.4, -0.2) is 56.3 Å². The first-order chi connectivity index (χ1) is 8.35. The Morgan fingerprint density at radius 1 is 1.17 bits per heavy atom. The van der Waals surface area contributed by atoms with Gasteiger partial charge in [0.1, 0.15) is 9.84 Å². The molecule has 1 atom stereocenters. The van der Waals surface area contributed by atoms with Gasteiger partial charge in [-0.15, -0.1) is 0 Å². The Hall–Kier alpha value is 0.340. The molecule has 0 aromatic rings. The second kappa shape index (κ2) is 5.38. The van der Waals surface area contributed by atoms with Gasteiger partial charge >= 0.3 is 0 Å². The van der Waals surface area contributed by atoms with Crippen LogP contribution >= 0.6 is 15.9 Å². The van der Waals surface area contributed by atoms with Crippen molar-refractivity contribution < 1.29 is 16.8 Å². The Morgan fingerprint density at radius 2 is 1.78 bits per heavy atom. The number of sulfone groups is 1. The van der Waals surface area contributed by atoms with E-state index in [1.807, 2.05) is 0 Å². The SMILES string of the molecule is O=S1(=O)CCC(S(=O)(=O)N2CCC(CBr)C2)CC1. The van der Waals surface area contributed by atoms with E-state index in [1.54, 1.807) is 4.31 Å². The summed E-state index contributed by atoms with van der Waals surface area (Å²) in [4.78, 5) is 0. The Balaban J connectivity index is 2.04. The molecule has 0 saturated carbocycles. The van der Waals surface area contributed by atoms with Crippen molar-refractivity contribution in [3.05, 3.63) is 0 Å². The largest absolute Gasteiger partial charge is 0.229 e. The molecule has 2 heterocycles. The zero-order valence-electron chi connectivity index (χ0n) is 10.1. The molecule has 0 aromatic heterocycles. The molecular formula is C10H18BrNO4S2. The fourth-order valence-corrected chi connectivity index (χ4v) is 6.88. The zero-order chi connectivity index (χ0) is 13.4. The highest BCUT2D eigenvalue weighted by Crippen LogP contribution is 2.27. The van der Waals surface area contributed by atoms with Crippen LogP contribution in [0.25, 0.3) is 0 Å². The summed E-state index contributed by atoms with van der Waals surface area (Å²) in [5.41, 5.74) is 0. The summed E-state index contributed by atoms with van der Waals surface area (Å²) in [6, 6.07) is 0.